The van der Waals surface area contributed by atoms with Crippen LogP contribution in [-0.2, 0) is 4.79 Å². The molecule has 1 aliphatic rings. The quantitative estimate of drug-likeness (QED) is 0.821. The molecule has 19 heavy (non-hydrogen) atoms. The van der Waals surface area contributed by atoms with E-state index < -0.39 is 0 Å². The molecule has 0 aliphatic carbocycles. The smallest absolute Gasteiger partial charge is 0.285 e. The number of halogens is 1. The summed E-state index contributed by atoms with van der Waals surface area (Å²) in [5.41, 5.74) is 0. The molecule has 104 valence electrons. The summed E-state index contributed by atoms with van der Waals surface area (Å²) < 4.78 is 0.261. The average Bonchev–Trinajstić information content (AvgIpc) is 2.84. The third kappa shape index (κ3) is 3.22. The van der Waals surface area contributed by atoms with Crippen molar-refractivity contribution in [2.75, 3.05) is 26.2 Å². The summed E-state index contributed by atoms with van der Waals surface area (Å²) in [5, 5.41) is 7.66. The molecule has 2 rings (SSSR count). The first-order valence-electron chi connectivity index (χ1n) is 6.06. The van der Waals surface area contributed by atoms with Crippen molar-refractivity contribution in [1.29, 1.82) is 0 Å². The first-order chi connectivity index (χ1) is 8.99. The molecule has 0 saturated carbocycles. The summed E-state index contributed by atoms with van der Waals surface area (Å²) in [6, 6.07) is 0. The minimum Gasteiger partial charge on any atom is -0.339 e. The minimum absolute atomic E-state index is 0.00998. The Kier molecular flexibility index (Phi) is 4.36. The van der Waals surface area contributed by atoms with Gasteiger partial charge in [-0.3, -0.25) is 9.59 Å². The lowest BCUT2D eigenvalue weighted by molar-refractivity contribution is -0.135. The number of aromatic nitrogens is 2. The number of carbonyl (C=O) groups excluding carboxylic acids is 2. The zero-order chi connectivity index (χ0) is 14.0. The van der Waals surface area contributed by atoms with E-state index in [9.17, 15) is 9.59 Å². The molecule has 1 aromatic rings. The molecular formula is C11H15ClN4O2S. The van der Waals surface area contributed by atoms with Crippen LogP contribution in [0, 0.1) is 5.92 Å². The number of hydrogen-bond acceptors (Lipinski definition) is 5. The van der Waals surface area contributed by atoms with E-state index in [1.165, 1.54) is 0 Å². The molecular weight excluding hydrogens is 288 g/mol. The van der Waals surface area contributed by atoms with Crippen LogP contribution in [0.4, 0.5) is 0 Å². The van der Waals surface area contributed by atoms with Gasteiger partial charge in [-0.15, -0.1) is 10.2 Å². The van der Waals surface area contributed by atoms with E-state index >= 15 is 0 Å². The lowest BCUT2D eigenvalue weighted by atomic mass is 10.1. The highest BCUT2D eigenvalue weighted by Crippen LogP contribution is 2.17. The predicted molar refractivity (Wildman–Crippen MR) is 72.2 cm³/mol. The third-order valence-electron chi connectivity index (χ3n) is 2.96. The van der Waals surface area contributed by atoms with Crippen LogP contribution in [0.15, 0.2) is 0 Å². The molecule has 2 amide bonds. The Bertz CT molecular complexity index is 483. The van der Waals surface area contributed by atoms with E-state index in [1.54, 1.807) is 9.80 Å². The molecule has 0 radical (unpaired) electrons. The van der Waals surface area contributed by atoms with Crippen LogP contribution in [0.5, 0.6) is 0 Å². The number of rotatable bonds is 2. The van der Waals surface area contributed by atoms with Crippen molar-refractivity contribution in [2.45, 2.75) is 13.8 Å². The number of hydrogen-bond donors (Lipinski definition) is 0. The van der Waals surface area contributed by atoms with E-state index in [-0.39, 0.29) is 22.2 Å². The maximum absolute atomic E-state index is 12.1. The summed E-state index contributed by atoms with van der Waals surface area (Å²) in [5.74, 6) is -0.0451. The molecule has 1 fully saturated rings. The summed E-state index contributed by atoms with van der Waals surface area (Å²) in [6.07, 6.45) is 0. The number of amides is 2. The second-order valence-corrected chi connectivity index (χ2v) is 6.19. The first-order valence-corrected chi connectivity index (χ1v) is 7.25. The van der Waals surface area contributed by atoms with Crippen LogP contribution in [0.2, 0.25) is 4.47 Å². The van der Waals surface area contributed by atoms with Gasteiger partial charge in [0.25, 0.3) is 5.91 Å². The second kappa shape index (κ2) is 5.83. The van der Waals surface area contributed by atoms with E-state index in [0.717, 1.165) is 11.3 Å². The maximum Gasteiger partial charge on any atom is 0.285 e. The van der Waals surface area contributed by atoms with Gasteiger partial charge in [-0.25, -0.2) is 0 Å². The van der Waals surface area contributed by atoms with Crippen molar-refractivity contribution in [2.24, 2.45) is 5.92 Å². The molecule has 1 aromatic heterocycles. The van der Waals surface area contributed by atoms with Gasteiger partial charge in [0.2, 0.25) is 15.4 Å². The molecule has 6 nitrogen and oxygen atoms in total. The highest BCUT2D eigenvalue weighted by molar-refractivity contribution is 7.17. The Morgan fingerprint density at radius 1 is 1.16 bits per heavy atom. The molecule has 0 spiro atoms. The monoisotopic (exact) mass is 302 g/mol. The van der Waals surface area contributed by atoms with E-state index in [4.69, 9.17) is 11.6 Å². The third-order valence-corrected chi connectivity index (χ3v) is 3.96. The normalized spacial score (nSPS) is 16.0. The molecule has 0 N–H and O–H groups in total. The average molecular weight is 303 g/mol. The van der Waals surface area contributed by atoms with E-state index in [0.29, 0.717) is 31.2 Å². The van der Waals surface area contributed by atoms with Gasteiger partial charge in [-0.2, -0.15) is 0 Å². The van der Waals surface area contributed by atoms with Gasteiger partial charge in [-0.05, 0) is 11.6 Å². The highest BCUT2D eigenvalue weighted by Gasteiger charge is 2.27. The molecule has 8 heteroatoms. The molecule has 1 saturated heterocycles. The van der Waals surface area contributed by atoms with Crippen molar-refractivity contribution >= 4 is 34.8 Å². The topological polar surface area (TPSA) is 66.4 Å². The second-order valence-electron chi connectivity index (χ2n) is 4.63. The lowest BCUT2D eigenvalue weighted by Crippen LogP contribution is -2.51. The van der Waals surface area contributed by atoms with E-state index in [1.807, 2.05) is 13.8 Å². The number of nitrogens with zero attached hydrogens (tertiary/aromatic N) is 4. The summed E-state index contributed by atoms with van der Waals surface area (Å²) in [6.45, 7) is 5.93. The maximum atomic E-state index is 12.1. The molecule has 0 aromatic carbocycles. The van der Waals surface area contributed by atoms with Gasteiger partial charge >= 0.3 is 0 Å². The Hall–Kier alpha value is -1.21. The SMILES string of the molecule is CC(C)C(=O)N1CCN(C(=O)c2nnc(Cl)s2)CC1. The number of piperazine rings is 1. The van der Waals surface area contributed by atoms with Crippen molar-refractivity contribution in [3.63, 3.8) is 0 Å². The molecule has 0 unspecified atom stereocenters. The largest absolute Gasteiger partial charge is 0.339 e. The van der Waals surface area contributed by atoms with Crippen LogP contribution in [-0.4, -0.2) is 58.0 Å². The Balaban J connectivity index is 1.93. The zero-order valence-corrected chi connectivity index (χ0v) is 12.4. The van der Waals surface area contributed by atoms with Gasteiger partial charge in [0, 0.05) is 32.1 Å². The zero-order valence-electron chi connectivity index (χ0n) is 10.8. The molecule has 0 atom stereocenters. The van der Waals surface area contributed by atoms with Crippen LogP contribution >= 0.6 is 22.9 Å². The first kappa shape index (κ1) is 14.2. The van der Waals surface area contributed by atoms with Crippen molar-refractivity contribution in [3.05, 3.63) is 9.47 Å². The highest BCUT2D eigenvalue weighted by atomic mass is 35.5. The van der Waals surface area contributed by atoms with Gasteiger partial charge in [0.1, 0.15) is 0 Å². The molecule has 1 aliphatic heterocycles. The number of carbonyl (C=O) groups is 2. The van der Waals surface area contributed by atoms with Crippen LogP contribution in [0.3, 0.4) is 0 Å². The fourth-order valence-electron chi connectivity index (χ4n) is 1.92. The van der Waals surface area contributed by atoms with Gasteiger partial charge in [0.15, 0.2) is 0 Å². The van der Waals surface area contributed by atoms with Crippen molar-refractivity contribution in [1.82, 2.24) is 20.0 Å². The van der Waals surface area contributed by atoms with Gasteiger partial charge in [-0.1, -0.05) is 25.2 Å². The van der Waals surface area contributed by atoms with Crippen LogP contribution in [0.25, 0.3) is 0 Å². The van der Waals surface area contributed by atoms with Crippen LogP contribution in [0.1, 0.15) is 23.6 Å². The van der Waals surface area contributed by atoms with Gasteiger partial charge < -0.3 is 9.80 Å². The lowest BCUT2D eigenvalue weighted by Gasteiger charge is -2.35. The van der Waals surface area contributed by atoms with Gasteiger partial charge in [0.05, 0.1) is 0 Å². The molecule has 2 heterocycles. The van der Waals surface area contributed by atoms with E-state index in [2.05, 4.69) is 10.2 Å². The standard InChI is InChI=1S/C11H15ClN4O2S/c1-7(2)9(17)15-3-5-16(6-4-15)10(18)8-13-14-11(12)19-8/h7H,3-6H2,1-2H3. The Labute approximate surface area is 120 Å². The Morgan fingerprint density at radius 2 is 1.74 bits per heavy atom. The molecule has 0 bridgehead atoms. The fourth-order valence-corrected chi connectivity index (χ4v) is 2.72. The minimum atomic E-state index is -0.166. The van der Waals surface area contributed by atoms with Crippen molar-refractivity contribution < 1.29 is 9.59 Å². The Morgan fingerprint density at radius 3 is 2.21 bits per heavy atom. The fraction of sp³-hybridized carbons (Fsp3) is 0.636. The van der Waals surface area contributed by atoms with Crippen LogP contribution < -0.4 is 0 Å². The van der Waals surface area contributed by atoms with Crippen molar-refractivity contribution in [3.8, 4) is 0 Å². The summed E-state index contributed by atoms with van der Waals surface area (Å²) in [4.78, 5) is 27.4. The summed E-state index contributed by atoms with van der Waals surface area (Å²) >= 11 is 6.74. The predicted octanol–water partition coefficient (Wildman–Crippen LogP) is 1.13. The summed E-state index contributed by atoms with van der Waals surface area (Å²) in [7, 11) is 0.